The van der Waals surface area contributed by atoms with Crippen molar-refractivity contribution >= 4 is 17.8 Å². The maximum Gasteiger partial charge on any atom is 0.310 e. The molecular weight excluding hydrogens is 400 g/mol. The maximum atomic E-state index is 14.1. The summed E-state index contributed by atoms with van der Waals surface area (Å²) >= 11 is 0. The van der Waals surface area contributed by atoms with E-state index in [2.05, 4.69) is 6.58 Å². The van der Waals surface area contributed by atoms with Gasteiger partial charge in [0.15, 0.2) is 0 Å². The standard InChI is InChI=1S/C23H36N2O6/c1-8-10-24(21(4,5)6)19(28)17-23-11-13(3)22(7,31-23)16(20(29)30)15(23)18(27)25(17)14(9-2)12-26/h8,13-17,26H,1,9-12H2,2-7H3,(H,29,30)/t13?,14-,15-,16-,17?,22+,23?/m0/s1. The van der Waals surface area contributed by atoms with E-state index in [1.807, 2.05) is 34.6 Å². The predicted molar refractivity (Wildman–Crippen MR) is 114 cm³/mol. The van der Waals surface area contributed by atoms with Crippen molar-refractivity contribution < 1.29 is 29.3 Å². The summed E-state index contributed by atoms with van der Waals surface area (Å²) in [5.41, 5.74) is -2.80. The summed E-state index contributed by atoms with van der Waals surface area (Å²) in [6.07, 6.45) is 2.50. The topological polar surface area (TPSA) is 107 Å². The van der Waals surface area contributed by atoms with Gasteiger partial charge in [-0.3, -0.25) is 14.4 Å². The van der Waals surface area contributed by atoms with E-state index in [-0.39, 0.29) is 25.0 Å². The highest BCUT2D eigenvalue weighted by atomic mass is 16.5. The van der Waals surface area contributed by atoms with Crippen LogP contribution in [0.15, 0.2) is 12.7 Å². The van der Waals surface area contributed by atoms with Crippen LogP contribution in [0.25, 0.3) is 0 Å². The van der Waals surface area contributed by atoms with Crippen molar-refractivity contribution in [2.75, 3.05) is 13.2 Å². The van der Waals surface area contributed by atoms with Crippen molar-refractivity contribution in [3.63, 3.8) is 0 Å². The van der Waals surface area contributed by atoms with Gasteiger partial charge >= 0.3 is 5.97 Å². The van der Waals surface area contributed by atoms with Crippen molar-refractivity contribution in [3.05, 3.63) is 12.7 Å². The Kier molecular flexibility index (Phi) is 5.81. The lowest BCUT2D eigenvalue weighted by atomic mass is 9.62. The third kappa shape index (κ3) is 3.13. The Hall–Kier alpha value is -1.93. The van der Waals surface area contributed by atoms with E-state index in [9.17, 15) is 24.6 Å². The number of rotatable bonds is 7. The molecule has 3 unspecified atom stereocenters. The van der Waals surface area contributed by atoms with Crippen molar-refractivity contribution in [3.8, 4) is 0 Å². The number of carbonyl (C=O) groups excluding carboxylic acids is 2. The number of hydrogen-bond acceptors (Lipinski definition) is 5. The SMILES string of the molecule is C=CCN(C(=O)C1N([C@@H](CC)CO)C(=O)[C@@H]2[C@@H](C(=O)O)[C@]3(C)OC12CC3C)C(C)(C)C. The van der Waals surface area contributed by atoms with Crippen molar-refractivity contribution in [2.24, 2.45) is 17.8 Å². The van der Waals surface area contributed by atoms with Gasteiger partial charge in [-0.15, -0.1) is 6.58 Å². The van der Waals surface area contributed by atoms with Gasteiger partial charge in [0.05, 0.1) is 24.2 Å². The molecule has 31 heavy (non-hydrogen) atoms. The second-order valence-corrected chi connectivity index (χ2v) is 10.4. The predicted octanol–water partition coefficient (Wildman–Crippen LogP) is 1.67. The van der Waals surface area contributed by atoms with Gasteiger partial charge in [-0.2, -0.15) is 0 Å². The largest absolute Gasteiger partial charge is 0.481 e. The van der Waals surface area contributed by atoms with Crippen LogP contribution in [-0.2, 0) is 19.1 Å². The Bertz CT molecular complexity index is 787. The number of aliphatic carboxylic acids is 1. The average Bonchev–Trinajstić information content (AvgIpc) is 3.17. The second-order valence-electron chi connectivity index (χ2n) is 10.4. The summed E-state index contributed by atoms with van der Waals surface area (Å²) in [5.74, 6) is -3.91. The van der Waals surface area contributed by atoms with Crippen LogP contribution in [0.2, 0.25) is 0 Å². The molecule has 3 fully saturated rings. The number of likely N-dealkylation sites (tertiary alicyclic amines) is 1. The second kappa shape index (κ2) is 7.59. The minimum absolute atomic E-state index is 0.135. The molecule has 0 aliphatic carbocycles. The fourth-order valence-electron chi connectivity index (χ4n) is 6.11. The number of carboxylic acid groups (broad SMARTS) is 1. The molecule has 3 heterocycles. The van der Waals surface area contributed by atoms with E-state index >= 15 is 0 Å². The first-order valence-electron chi connectivity index (χ1n) is 11.1. The third-order valence-electron chi connectivity index (χ3n) is 7.72. The smallest absolute Gasteiger partial charge is 0.310 e. The highest BCUT2D eigenvalue weighted by Crippen LogP contribution is 2.65. The summed E-state index contributed by atoms with van der Waals surface area (Å²) < 4.78 is 6.47. The first kappa shape index (κ1) is 23.7. The van der Waals surface area contributed by atoms with E-state index in [0.717, 1.165) is 0 Å². The van der Waals surface area contributed by atoms with Crippen molar-refractivity contribution in [2.45, 2.75) is 83.2 Å². The molecule has 2 bridgehead atoms. The molecule has 7 atom stereocenters. The minimum atomic E-state index is -1.22. The zero-order valence-electron chi connectivity index (χ0n) is 19.4. The summed E-state index contributed by atoms with van der Waals surface area (Å²) in [4.78, 5) is 43.2. The highest BCUT2D eigenvalue weighted by molar-refractivity contribution is 5.98. The van der Waals surface area contributed by atoms with E-state index in [0.29, 0.717) is 12.8 Å². The van der Waals surface area contributed by atoms with Gasteiger partial charge < -0.3 is 24.7 Å². The molecule has 174 valence electrons. The number of amides is 2. The van der Waals surface area contributed by atoms with Gasteiger partial charge in [-0.1, -0.05) is 19.9 Å². The van der Waals surface area contributed by atoms with Gasteiger partial charge in [0.2, 0.25) is 11.8 Å². The fourth-order valence-corrected chi connectivity index (χ4v) is 6.11. The molecule has 0 aromatic carbocycles. The normalized spacial score (nSPS) is 37.6. The first-order chi connectivity index (χ1) is 14.3. The van der Waals surface area contributed by atoms with Gasteiger partial charge in [-0.05, 0) is 46.5 Å². The quantitative estimate of drug-likeness (QED) is 0.588. The van der Waals surface area contributed by atoms with Crippen LogP contribution < -0.4 is 0 Å². The number of hydrogen-bond donors (Lipinski definition) is 2. The molecule has 8 nitrogen and oxygen atoms in total. The molecular formula is C23H36N2O6. The van der Waals surface area contributed by atoms with Crippen LogP contribution in [0.3, 0.4) is 0 Å². The van der Waals surface area contributed by atoms with Gasteiger partial charge in [0, 0.05) is 12.1 Å². The van der Waals surface area contributed by atoms with Crippen LogP contribution in [0.5, 0.6) is 0 Å². The van der Waals surface area contributed by atoms with Crippen LogP contribution in [0.4, 0.5) is 0 Å². The van der Waals surface area contributed by atoms with Gasteiger partial charge in [0.25, 0.3) is 0 Å². The number of nitrogens with zero attached hydrogens (tertiary/aromatic N) is 2. The number of ether oxygens (including phenoxy) is 1. The number of carboxylic acids is 1. The summed E-state index contributed by atoms with van der Waals surface area (Å²) in [7, 11) is 0. The number of fused-ring (bicyclic) bond motifs is 1. The highest BCUT2D eigenvalue weighted by Gasteiger charge is 2.80. The molecule has 0 aromatic rings. The van der Waals surface area contributed by atoms with Gasteiger partial charge in [0.1, 0.15) is 17.6 Å². The molecule has 2 amide bonds. The lowest BCUT2D eigenvalue weighted by Crippen LogP contribution is -2.61. The van der Waals surface area contributed by atoms with E-state index in [1.54, 1.807) is 17.9 Å². The van der Waals surface area contributed by atoms with Crippen LogP contribution >= 0.6 is 0 Å². The summed E-state index contributed by atoms with van der Waals surface area (Å²) in [6.45, 7) is 15.0. The fraction of sp³-hybridized carbons (Fsp3) is 0.783. The molecule has 0 saturated carbocycles. The van der Waals surface area contributed by atoms with E-state index in [4.69, 9.17) is 4.74 Å². The molecule has 0 aromatic heterocycles. The number of carbonyl (C=O) groups is 3. The average molecular weight is 437 g/mol. The Morgan fingerprint density at radius 2 is 2.03 bits per heavy atom. The van der Waals surface area contributed by atoms with Crippen molar-refractivity contribution in [1.29, 1.82) is 0 Å². The zero-order chi connectivity index (χ0) is 23.5. The molecule has 3 aliphatic heterocycles. The zero-order valence-corrected chi connectivity index (χ0v) is 19.4. The lowest BCUT2D eigenvalue weighted by molar-refractivity contribution is -0.161. The van der Waals surface area contributed by atoms with Crippen LogP contribution in [-0.4, -0.2) is 79.8 Å². The van der Waals surface area contributed by atoms with Crippen LogP contribution in [0, 0.1) is 17.8 Å². The molecule has 3 rings (SSSR count). The van der Waals surface area contributed by atoms with E-state index < -0.39 is 52.5 Å². The molecule has 1 spiro atoms. The Morgan fingerprint density at radius 3 is 2.48 bits per heavy atom. The number of aliphatic hydroxyl groups excluding tert-OH is 1. The third-order valence-corrected chi connectivity index (χ3v) is 7.72. The summed E-state index contributed by atoms with van der Waals surface area (Å²) in [5, 5.41) is 20.1. The van der Waals surface area contributed by atoms with Crippen LogP contribution in [0.1, 0.15) is 54.4 Å². The maximum absolute atomic E-state index is 14.1. The molecule has 2 N–H and O–H groups in total. The van der Waals surface area contributed by atoms with Crippen molar-refractivity contribution in [1.82, 2.24) is 9.80 Å². The summed E-state index contributed by atoms with van der Waals surface area (Å²) in [6, 6.07) is -1.58. The lowest BCUT2D eigenvalue weighted by Gasteiger charge is -2.43. The Labute approximate surface area is 184 Å². The monoisotopic (exact) mass is 436 g/mol. The first-order valence-corrected chi connectivity index (χ1v) is 11.1. The minimum Gasteiger partial charge on any atom is -0.481 e. The Balaban J connectivity index is 2.21. The molecule has 3 aliphatic rings. The molecule has 8 heteroatoms. The molecule has 0 radical (unpaired) electrons. The number of aliphatic hydroxyl groups is 1. The Morgan fingerprint density at radius 1 is 1.42 bits per heavy atom. The van der Waals surface area contributed by atoms with E-state index in [1.165, 1.54) is 4.90 Å². The van der Waals surface area contributed by atoms with Gasteiger partial charge in [-0.25, -0.2) is 0 Å². The molecule has 3 saturated heterocycles.